The molecule has 1 aliphatic heterocycles. The van der Waals surface area contributed by atoms with Crippen LogP contribution in [-0.2, 0) is 4.79 Å². The largest absolute Gasteiger partial charge is 0.477 e. The standard InChI is InChI=1S/C29H30N2O4S/c32-26-17-22(30-28(33)21-14-8-3-9-15-21)16-23(19-10-4-1-5-11-19)31(26)24-18-25(36-27(24)29(34)35)20-12-6-2-7-13-20/h2-3,6-9,12-15,18-19,22-23H,1,4-5,10-11,16-17H2,(H,30,33)(H,34,35). The van der Waals surface area contributed by atoms with Crippen molar-refractivity contribution in [1.82, 2.24) is 5.32 Å². The number of amides is 2. The summed E-state index contributed by atoms with van der Waals surface area (Å²) in [6.07, 6.45) is 6.17. The zero-order chi connectivity index (χ0) is 25.1. The summed E-state index contributed by atoms with van der Waals surface area (Å²) in [5.74, 6) is -1.06. The van der Waals surface area contributed by atoms with Crippen molar-refractivity contribution in [2.24, 2.45) is 5.92 Å². The van der Waals surface area contributed by atoms with E-state index in [0.717, 1.165) is 36.1 Å². The quantitative estimate of drug-likeness (QED) is 0.434. The van der Waals surface area contributed by atoms with Gasteiger partial charge in [0.25, 0.3) is 5.91 Å². The Hall–Kier alpha value is -3.45. The SMILES string of the molecule is O=C(NC1CC(=O)N(c2cc(-c3ccccc3)sc2C(=O)O)C(C2CCCCC2)C1)c1ccccc1. The molecule has 2 N–H and O–H groups in total. The lowest BCUT2D eigenvalue weighted by atomic mass is 9.78. The number of thiophene rings is 1. The first-order valence-electron chi connectivity index (χ1n) is 12.6. The van der Waals surface area contributed by atoms with Crippen LogP contribution in [0.1, 0.15) is 65.0 Å². The number of nitrogens with one attached hydrogen (secondary N) is 1. The van der Waals surface area contributed by atoms with Gasteiger partial charge in [-0.05, 0) is 48.9 Å². The van der Waals surface area contributed by atoms with Gasteiger partial charge in [-0.3, -0.25) is 9.59 Å². The minimum absolute atomic E-state index is 0.130. The molecule has 186 valence electrons. The summed E-state index contributed by atoms with van der Waals surface area (Å²) in [5.41, 5.74) is 1.99. The van der Waals surface area contributed by atoms with Gasteiger partial charge in [0.2, 0.25) is 5.91 Å². The molecule has 2 atom stereocenters. The highest BCUT2D eigenvalue weighted by molar-refractivity contribution is 7.18. The van der Waals surface area contributed by atoms with Crippen molar-refractivity contribution in [1.29, 1.82) is 0 Å². The molecule has 7 heteroatoms. The van der Waals surface area contributed by atoms with Crippen LogP contribution < -0.4 is 10.2 Å². The Bertz CT molecular complexity index is 1230. The summed E-state index contributed by atoms with van der Waals surface area (Å²) in [6.45, 7) is 0. The third-order valence-corrected chi connectivity index (χ3v) is 8.50. The molecule has 0 radical (unpaired) electrons. The van der Waals surface area contributed by atoms with Crippen molar-refractivity contribution < 1.29 is 19.5 Å². The van der Waals surface area contributed by atoms with Crippen LogP contribution in [0.4, 0.5) is 5.69 Å². The maximum Gasteiger partial charge on any atom is 0.348 e. The second kappa shape index (κ2) is 10.7. The van der Waals surface area contributed by atoms with E-state index in [4.69, 9.17) is 0 Å². The van der Waals surface area contributed by atoms with Gasteiger partial charge in [0.05, 0.1) is 5.69 Å². The number of nitrogens with zero attached hydrogens (tertiary/aromatic N) is 1. The predicted molar refractivity (Wildman–Crippen MR) is 141 cm³/mol. The number of piperidine rings is 1. The molecule has 0 spiro atoms. The van der Waals surface area contributed by atoms with E-state index in [1.165, 1.54) is 17.8 Å². The van der Waals surface area contributed by atoms with Crippen LogP contribution in [0.2, 0.25) is 0 Å². The Labute approximate surface area is 215 Å². The number of hydrogen-bond acceptors (Lipinski definition) is 4. The molecule has 2 amide bonds. The Balaban J connectivity index is 1.47. The van der Waals surface area contributed by atoms with Gasteiger partial charge in [-0.2, -0.15) is 0 Å². The minimum Gasteiger partial charge on any atom is -0.477 e. The number of hydrogen-bond donors (Lipinski definition) is 2. The van der Waals surface area contributed by atoms with Crippen LogP contribution in [0.5, 0.6) is 0 Å². The fourth-order valence-electron chi connectivity index (χ4n) is 5.64. The van der Waals surface area contributed by atoms with Gasteiger partial charge in [-0.25, -0.2) is 4.79 Å². The third kappa shape index (κ3) is 5.07. The van der Waals surface area contributed by atoms with Crippen molar-refractivity contribution in [3.8, 4) is 10.4 Å². The second-order valence-corrected chi connectivity index (χ2v) is 10.8. The lowest BCUT2D eigenvalue weighted by Crippen LogP contribution is -2.56. The molecule has 1 saturated heterocycles. The first-order valence-corrected chi connectivity index (χ1v) is 13.4. The van der Waals surface area contributed by atoms with E-state index in [1.807, 2.05) is 54.6 Å². The topological polar surface area (TPSA) is 86.7 Å². The minimum atomic E-state index is -1.02. The van der Waals surface area contributed by atoms with Crippen molar-refractivity contribution in [3.05, 3.63) is 77.2 Å². The predicted octanol–water partition coefficient (Wildman–Crippen LogP) is 5.99. The molecule has 5 rings (SSSR count). The van der Waals surface area contributed by atoms with Gasteiger partial charge < -0.3 is 15.3 Å². The van der Waals surface area contributed by atoms with Gasteiger partial charge in [0.15, 0.2) is 0 Å². The second-order valence-electron chi connectivity index (χ2n) is 9.70. The Morgan fingerprint density at radius 2 is 1.61 bits per heavy atom. The number of benzene rings is 2. The van der Waals surface area contributed by atoms with Gasteiger partial charge in [0.1, 0.15) is 4.88 Å². The van der Waals surface area contributed by atoms with Gasteiger partial charge in [0, 0.05) is 28.9 Å². The number of rotatable bonds is 6. The average molecular weight is 503 g/mol. The molecule has 36 heavy (non-hydrogen) atoms. The van der Waals surface area contributed by atoms with E-state index in [9.17, 15) is 19.5 Å². The van der Waals surface area contributed by atoms with Crippen molar-refractivity contribution in [2.75, 3.05) is 4.90 Å². The monoisotopic (exact) mass is 502 g/mol. The molecule has 1 aliphatic carbocycles. The van der Waals surface area contributed by atoms with Crippen LogP contribution in [0.15, 0.2) is 66.7 Å². The first kappa shape index (κ1) is 24.3. The lowest BCUT2D eigenvalue weighted by molar-refractivity contribution is -0.121. The number of anilines is 1. The van der Waals surface area contributed by atoms with Crippen LogP contribution in [-0.4, -0.2) is 35.0 Å². The highest BCUT2D eigenvalue weighted by Crippen LogP contribution is 2.43. The van der Waals surface area contributed by atoms with Crippen LogP contribution >= 0.6 is 11.3 Å². The van der Waals surface area contributed by atoms with Crippen molar-refractivity contribution >= 4 is 34.8 Å². The van der Waals surface area contributed by atoms with E-state index < -0.39 is 5.97 Å². The Morgan fingerprint density at radius 1 is 0.944 bits per heavy atom. The van der Waals surface area contributed by atoms with E-state index in [-0.39, 0.29) is 41.1 Å². The maximum atomic E-state index is 13.7. The van der Waals surface area contributed by atoms with Crippen molar-refractivity contribution in [2.45, 2.75) is 57.0 Å². The van der Waals surface area contributed by atoms with Gasteiger partial charge in [-0.15, -0.1) is 11.3 Å². The van der Waals surface area contributed by atoms with Gasteiger partial charge >= 0.3 is 5.97 Å². The van der Waals surface area contributed by atoms with E-state index in [0.29, 0.717) is 17.7 Å². The third-order valence-electron chi connectivity index (χ3n) is 7.34. The molecule has 2 aromatic carbocycles. The molecule has 6 nitrogen and oxygen atoms in total. The highest BCUT2D eigenvalue weighted by Gasteiger charge is 2.41. The normalized spacial score (nSPS) is 20.8. The molecule has 1 aromatic heterocycles. The molecule has 3 aromatic rings. The van der Waals surface area contributed by atoms with Crippen LogP contribution in [0.25, 0.3) is 10.4 Å². The summed E-state index contributed by atoms with van der Waals surface area (Å²) in [4.78, 5) is 41.6. The number of aromatic carboxylic acids is 1. The van der Waals surface area contributed by atoms with Crippen molar-refractivity contribution in [3.63, 3.8) is 0 Å². The fraction of sp³-hybridized carbons (Fsp3) is 0.345. The fourth-order valence-corrected chi connectivity index (χ4v) is 6.63. The molecular formula is C29H30N2O4S. The summed E-state index contributed by atoms with van der Waals surface area (Å²) < 4.78 is 0. The summed E-state index contributed by atoms with van der Waals surface area (Å²) in [5, 5.41) is 13.1. The molecule has 2 unspecified atom stereocenters. The zero-order valence-electron chi connectivity index (χ0n) is 20.1. The number of carbonyl (C=O) groups is 3. The average Bonchev–Trinajstić information content (AvgIpc) is 3.35. The highest BCUT2D eigenvalue weighted by atomic mass is 32.1. The molecule has 1 saturated carbocycles. The zero-order valence-corrected chi connectivity index (χ0v) is 20.9. The van der Waals surface area contributed by atoms with E-state index in [1.54, 1.807) is 17.0 Å². The van der Waals surface area contributed by atoms with E-state index >= 15 is 0 Å². The Kier molecular flexibility index (Phi) is 7.18. The van der Waals surface area contributed by atoms with E-state index in [2.05, 4.69) is 5.32 Å². The lowest BCUT2D eigenvalue weighted by Gasteiger charge is -2.44. The maximum absolute atomic E-state index is 13.7. The Morgan fingerprint density at radius 3 is 2.28 bits per heavy atom. The molecule has 0 bridgehead atoms. The summed E-state index contributed by atoms with van der Waals surface area (Å²) in [7, 11) is 0. The first-order chi connectivity index (χ1) is 17.5. The molecule has 2 heterocycles. The molecular weight excluding hydrogens is 472 g/mol. The summed E-state index contributed by atoms with van der Waals surface area (Å²) >= 11 is 1.21. The number of carbonyl (C=O) groups excluding carboxylic acids is 2. The smallest absolute Gasteiger partial charge is 0.348 e. The van der Waals surface area contributed by atoms with Crippen LogP contribution in [0.3, 0.4) is 0 Å². The van der Waals surface area contributed by atoms with Gasteiger partial charge in [-0.1, -0.05) is 67.8 Å². The van der Waals surface area contributed by atoms with Crippen LogP contribution in [0, 0.1) is 5.92 Å². The summed E-state index contributed by atoms with van der Waals surface area (Å²) in [6, 6.07) is 20.1. The molecule has 2 aliphatic rings. The molecule has 2 fully saturated rings. The number of carboxylic acids is 1. The number of carboxylic acid groups (broad SMARTS) is 1.